The number of hydrogen-bond acceptors (Lipinski definition) is 1. The van der Waals surface area contributed by atoms with Gasteiger partial charge in [-0.1, -0.05) is 24.3 Å². The molecule has 0 atom stereocenters. The lowest BCUT2D eigenvalue weighted by Gasteiger charge is -2.25. The van der Waals surface area contributed by atoms with Gasteiger partial charge < -0.3 is 4.79 Å². The van der Waals surface area contributed by atoms with Crippen molar-refractivity contribution < 1.29 is 9.18 Å². The van der Waals surface area contributed by atoms with Crippen LogP contribution in [-0.2, 0) is 11.2 Å². The molecule has 1 aliphatic carbocycles. The maximum absolute atomic E-state index is 12.0. The molecule has 2 rings (SSSR count). The fourth-order valence-corrected chi connectivity index (χ4v) is 2.97. The molecule has 0 bridgehead atoms. The predicted octanol–water partition coefficient (Wildman–Crippen LogP) is 4.45. The Labute approximate surface area is 115 Å². The molecule has 2 heteroatoms. The van der Waals surface area contributed by atoms with Crippen LogP contribution in [-0.4, -0.2) is 13.0 Å². The third kappa shape index (κ3) is 4.15. The van der Waals surface area contributed by atoms with Gasteiger partial charge >= 0.3 is 0 Å². The first kappa shape index (κ1) is 14.2. The predicted molar refractivity (Wildman–Crippen MR) is 76.1 cm³/mol. The summed E-state index contributed by atoms with van der Waals surface area (Å²) in [5.74, 6) is 0.910. The van der Waals surface area contributed by atoms with Gasteiger partial charge in [-0.15, -0.1) is 0 Å². The van der Waals surface area contributed by atoms with Crippen molar-refractivity contribution in [3.63, 3.8) is 0 Å². The first-order valence-electron chi connectivity index (χ1n) is 7.43. The van der Waals surface area contributed by atoms with Crippen LogP contribution in [0.2, 0.25) is 0 Å². The number of alkyl halides is 1. The Bertz CT molecular complexity index is 377. The zero-order valence-electron chi connectivity index (χ0n) is 11.5. The van der Waals surface area contributed by atoms with Crippen LogP contribution < -0.4 is 0 Å². The molecule has 0 aliphatic heterocycles. The number of aryl methyl sites for hydroxylation is 1. The number of hydrogen-bond donors (Lipinski definition) is 0. The summed E-state index contributed by atoms with van der Waals surface area (Å²) in [4.78, 5) is 10.7. The molecule has 0 heterocycles. The molecule has 1 nitrogen and oxygen atoms in total. The number of benzene rings is 1. The normalized spacial score (nSPS) is 23.2. The Morgan fingerprint density at radius 1 is 1.05 bits per heavy atom. The van der Waals surface area contributed by atoms with E-state index in [0.717, 1.165) is 44.8 Å². The monoisotopic (exact) mass is 262 g/mol. The molecule has 0 N–H and O–H groups in total. The van der Waals surface area contributed by atoms with Gasteiger partial charge in [-0.25, -0.2) is 0 Å². The molecule has 1 aliphatic rings. The van der Waals surface area contributed by atoms with Gasteiger partial charge in [0, 0.05) is 5.92 Å². The third-order valence-corrected chi connectivity index (χ3v) is 4.26. The van der Waals surface area contributed by atoms with E-state index in [2.05, 4.69) is 24.3 Å². The highest BCUT2D eigenvalue weighted by Gasteiger charge is 2.21. The van der Waals surface area contributed by atoms with E-state index in [1.165, 1.54) is 11.1 Å². The highest BCUT2D eigenvalue weighted by Crippen LogP contribution is 2.35. The smallest absolute Gasteiger partial charge is 0.123 e. The summed E-state index contributed by atoms with van der Waals surface area (Å²) >= 11 is 0. The number of rotatable bonds is 6. The Kier molecular flexibility index (Phi) is 5.56. The number of carbonyl (C=O) groups excluding carboxylic acids is 1. The fourth-order valence-electron chi connectivity index (χ4n) is 2.97. The highest BCUT2D eigenvalue weighted by atomic mass is 19.1. The topological polar surface area (TPSA) is 17.1 Å². The molecular formula is C17H23FO. The van der Waals surface area contributed by atoms with Crippen molar-refractivity contribution in [2.24, 2.45) is 5.92 Å². The van der Waals surface area contributed by atoms with E-state index in [4.69, 9.17) is 0 Å². The van der Waals surface area contributed by atoms with Crippen LogP contribution >= 0.6 is 0 Å². The van der Waals surface area contributed by atoms with Crippen molar-refractivity contribution in [2.45, 2.75) is 50.9 Å². The summed E-state index contributed by atoms with van der Waals surface area (Å²) in [6, 6.07) is 8.80. The summed E-state index contributed by atoms with van der Waals surface area (Å²) in [5.41, 5.74) is 2.71. The van der Waals surface area contributed by atoms with Crippen LogP contribution in [0, 0.1) is 5.92 Å². The molecule has 0 amide bonds. The zero-order valence-corrected chi connectivity index (χ0v) is 11.5. The molecule has 0 radical (unpaired) electrons. The Balaban J connectivity index is 1.86. The van der Waals surface area contributed by atoms with Crippen LogP contribution in [0.1, 0.15) is 55.6 Å². The van der Waals surface area contributed by atoms with E-state index in [1.807, 2.05) is 0 Å². The quantitative estimate of drug-likeness (QED) is 0.546. The molecule has 1 fully saturated rings. The van der Waals surface area contributed by atoms with E-state index in [9.17, 15) is 9.18 Å². The summed E-state index contributed by atoms with van der Waals surface area (Å²) in [6.45, 7) is -0.210. The number of halogens is 1. The number of carbonyl (C=O) groups is 1. The van der Waals surface area contributed by atoms with Crippen molar-refractivity contribution in [3.8, 4) is 0 Å². The van der Waals surface area contributed by atoms with Gasteiger partial charge in [0.05, 0.1) is 6.67 Å². The van der Waals surface area contributed by atoms with Gasteiger partial charge in [0.2, 0.25) is 0 Å². The second-order valence-electron chi connectivity index (χ2n) is 5.64. The molecule has 0 aromatic heterocycles. The van der Waals surface area contributed by atoms with Crippen molar-refractivity contribution in [2.75, 3.05) is 6.67 Å². The van der Waals surface area contributed by atoms with Gasteiger partial charge in [0.1, 0.15) is 6.29 Å². The van der Waals surface area contributed by atoms with Crippen molar-refractivity contribution in [3.05, 3.63) is 35.4 Å². The molecule has 1 saturated carbocycles. The Hall–Kier alpha value is -1.18. The Morgan fingerprint density at radius 3 is 2.32 bits per heavy atom. The van der Waals surface area contributed by atoms with Crippen LogP contribution in [0.15, 0.2) is 24.3 Å². The van der Waals surface area contributed by atoms with Crippen LogP contribution in [0.5, 0.6) is 0 Å². The lowest BCUT2D eigenvalue weighted by molar-refractivity contribution is -0.111. The summed E-state index contributed by atoms with van der Waals surface area (Å²) in [6.07, 6.45) is 8.01. The highest BCUT2D eigenvalue weighted by molar-refractivity contribution is 5.53. The molecule has 104 valence electrons. The van der Waals surface area contributed by atoms with Gasteiger partial charge in [0.25, 0.3) is 0 Å². The molecule has 0 saturated heterocycles. The fraction of sp³-hybridized carbons (Fsp3) is 0.588. The summed E-state index contributed by atoms with van der Waals surface area (Å²) in [7, 11) is 0. The van der Waals surface area contributed by atoms with Crippen LogP contribution in [0.4, 0.5) is 4.39 Å². The number of unbranched alkanes of at least 4 members (excludes halogenated alkanes) is 1. The average Bonchev–Trinajstić information content (AvgIpc) is 2.48. The number of aldehydes is 1. The van der Waals surface area contributed by atoms with Gasteiger partial charge in [-0.2, -0.15) is 0 Å². The minimum Gasteiger partial charge on any atom is -0.303 e. The van der Waals surface area contributed by atoms with Gasteiger partial charge in [-0.3, -0.25) is 4.39 Å². The largest absolute Gasteiger partial charge is 0.303 e. The molecule has 1 aromatic rings. The Morgan fingerprint density at radius 2 is 1.74 bits per heavy atom. The first-order valence-corrected chi connectivity index (χ1v) is 7.43. The zero-order chi connectivity index (χ0) is 13.5. The standard InChI is InChI=1S/C17H23FO/c18-12-2-1-3-14-4-8-16(9-5-14)17-10-6-15(13-19)7-11-17/h4-5,8-9,13,15,17H,1-3,6-7,10-12H2. The first-order chi connectivity index (χ1) is 9.33. The SMILES string of the molecule is O=CC1CCC(c2ccc(CCCCF)cc2)CC1. The van der Waals surface area contributed by atoms with Gasteiger partial charge in [-0.05, 0) is 62.0 Å². The summed E-state index contributed by atoms with van der Waals surface area (Å²) in [5, 5.41) is 0. The lowest BCUT2D eigenvalue weighted by Crippen LogP contribution is -2.14. The minimum absolute atomic E-state index is 0.210. The molecule has 1 aromatic carbocycles. The summed E-state index contributed by atoms with van der Waals surface area (Å²) < 4.78 is 12.0. The second kappa shape index (κ2) is 7.42. The molecule has 19 heavy (non-hydrogen) atoms. The maximum atomic E-state index is 12.0. The van der Waals surface area contributed by atoms with E-state index >= 15 is 0 Å². The third-order valence-electron chi connectivity index (χ3n) is 4.26. The van der Waals surface area contributed by atoms with E-state index in [0.29, 0.717) is 12.3 Å². The molecule has 0 unspecified atom stereocenters. The van der Waals surface area contributed by atoms with Crippen LogP contribution in [0.25, 0.3) is 0 Å². The minimum atomic E-state index is -0.210. The maximum Gasteiger partial charge on any atom is 0.123 e. The second-order valence-corrected chi connectivity index (χ2v) is 5.64. The average molecular weight is 262 g/mol. The van der Waals surface area contributed by atoms with E-state index < -0.39 is 0 Å². The van der Waals surface area contributed by atoms with Crippen LogP contribution in [0.3, 0.4) is 0 Å². The molecule has 0 spiro atoms. The van der Waals surface area contributed by atoms with Crippen molar-refractivity contribution in [1.82, 2.24) is 0 Å². The van der Waals surface area contributed by atoms with Crippen molar-refractivity contribution >= 4 is 6.29 Å². The molecular weight excluding hydrogens is 239 g/mol. The van der Waals surface area contributed by atoms with Gasteiger partial charge in [0.15, 0.2) is 0 Å². The van der Waals surface area contributed by atoms with E-state index in [1.54, 1.807) is 0 Å². The lowest BCUT2D eigenvalue weighted by atomic mass is 9.79. The van der Waals surface area contributed by atoms with Crippen molar-refractivity contribution in [1.29, 1.82) is 0 Å². The van der Waals surface area contributed by atoms with E-state index in [-0.39, 0.29) is 12.6 Å².